The summed E-state index contributed by atoms with van der Waals surface area (Å²) in [6.07, 6.45) is 17.2. The summed E-state index contributed by atoms with van der Waals surface area (Å²) < 4.78 is 97.2. The lowest BCUT2D eigenvalue weighted by atomic mass is 9.80. The minimum Gasteiger partial charge on any atom is -0.465 e. The molecular weight excluding hydrogens is 1290 g/mol. The zero-order chi connectivity index (χ0) is 71.4. The van der Waals surface area contributed by atoms with Crippen LogP contribution in [0, 0.1) is 58.7 Å². The van der Waals surface area contributed by atoms with Gasteiger partial charge < -0.3 is 43.4 Å². The van der Waals surface area contributed by atoms with Crippen LogP contribution in [-0.4, -0.2) is 138 Å². The molecule has 0 spiro atoms. The highest BCUT2D eigenvalue weighted by atomic mass is 32.2. The van der Waals surface area contributed by atoms with E-state index in [1.807, 2.05) is 32.9 Å². The Balaban J connectivity index is 0.000000382. The van der Waals surface area contributed by atoms with Crippen LogP contribution < -0.4 is 0 Å². The van der Waals surface area contributed by atoms with E-state index in [2.05, 4.69) is 95.6 Å². The summed E-state index contributed by atoms with van der Waals surface area (Å²) in [6, 6.07) is 17.6. The van der Waals surface area contributed by atoms with Gasteiger partial charge in [-0.15, -0.1) is 0 Å². The Hall–Kier alpha value is -3.55. The maximum atomic E-state index is 13.5. The van der Waals surface area contributed by atoms with E-state index in [-0.39, 0.29) is 135 Å². The summed E-state index contributed by atoms with van der Waals surface area (Å²) >= 11 is 0. The fourth-order valence-corrected chi connectivity index (χ4v) is 18.7. The highest BCUT2D eigenvalue weighted by molar-refractivity contribution is 7.91. The van der Waals surface area contributed by atoms with Gasteiger partial charge in [0.05, 0.1) is 107 Å². The Morgan fingerprint density at radius 1 is 0.636 bits per heavy atom. The van der Waals surface area contributed by atoms with Gasteiger partial charge >= 0.3 is 5.97 Å². The molecule has 2 aromatic rings. The maximum absolute atomic E-state index is 13.5. The molecule has 6 aliphatic heterocycles. The molecule has 6 fully saturated rings. The van der Waals surface area contributed by atoms with Crippen LogP contribution in [0.1, 0.15) is 233 Å². The van der Waals surface area contributed by atoms with Crippen molar-refractivity contribution in [3.05, 3.63) is 109 Å². The van der Waals surface area contributed by atoms with Crippen LogP contribution in [0.2, 0.25) is 0 Å². The van der Waals surface area contributed by atoms with Gasteiger partial charge in [-0.3, -0.25) is 4.79 Å². The fraction of sp³-hybridized carbons (Fsp3) is 0.747. The maximum Gasteiger partial charge on any atom is 0.311 e. The van der Waals surface area contributed by atoms with Crippen molar-refractivity contribution >= 4 is 25.6 Å². The van der Waals surface area contributed by atoms with Crippen LogP contribution in [0.5, 0.6) is 0 Å². The van der Waals surface area contributed by atoms with Crippen LogP contribution in [0.15, 0.2) is 119 Å². The van der Waals surface area contributed by atoms with Crippen molar-refractivity contribution in [3.63, 3.8) is 0 Å². The average Bonchev–Trinajstić information content (AvgIpc) is 1.67. The number of rotatable bonds is 33. The summed E-state index contributed by atoms with van der Waals surface area (Å²) in [5.41, 5.74) is 3.87. The van der Waals surface area contributed by atoms with E-state index in [0.29, 0.717) is 72.4 Å². The zero-order valence-corrected chi connectivity index (χ0v) is 63.6. The molecule has 0 aromatic heterocycles. The number of carbonyl (C=O) groups excluding carboxylic acids is 1. The second kappa shape index (κ2) is 41.8. The van der Waals surface area contributed by atoms with Gasteiger partial charge in [0.25, 0.3) is 0 Å². The highest BCUT2D eigenvalue weighted by Crippen LogP contribution is 2.45. The van der Waals surface area contributed by atoms with Crippen LogP contribution in [-0.2, 0) is 57.6 Å². The van der Waals surface area contributed by atoms with Gasteiger partial charge in [-0.05, 0) is 219 Å². The third-order valence-corrected chi connectivity index (χ3v) is 25.9. The van der Waals surface area contributed by atoms with E-state index in [1.54, 1.807) is 48.5 Å². The number of allylic oxidation sites excluding steroid dienone is 1. The van der Waals surface area contributed by atoms with Gasteiger partial charge in [0.2, 0.25) is 0 Å². The van der Waals surface area contributed by atoms with E-state index in [4.69, 9.17) is 38.3 Å². The molecule has 0 bridgehead atoms. The van der Waals surface area contributed by atoms with E-state index in [0.717, 1.165) is 112 Å². The average molecular weight is 1420 g/mol. The molecule has 14 nitrogen and oxygen atoms in total. The smallest absolute Gasteiger partial charge is 0.311 e. The molecular formula is C83H138O14S2. The second-order valence-electron chi connectivity index (χ2n) is 31.4. The number of aliphatic hydroxyl groups excluding tert-OH is 2. The van der Waals surface area contributed by atoms with Gasteiger partial charge in [-0.2, -0.15) is 0 Å². The van der Waals surface area contributed by atoms with E-state index in [9.17, 15) is 26.7 Å². The topological polar surface area (TPSA) is 190 Å². The quantitative estimate of drug-likeness (QED) is 0.0390. The molecule has 0 saturated carbocycles. The number of carbonyl (C=O) groups is 1. The molecule has 21 atom stereocenters. The third kappa shape index (κ3) is 27.1. The van der Waals surface area contributed by atoms with Crippen molar-refractivity contribution in [3.8, 4) is 0 Å². The monoisotopic (exact) mass is 1420 g/mol. The summed E-state index contributed by atoms with van der Waals surface area (Å²) in [5, 5.41) is 20.2. The van der Waals surface area contributed by atoms with Crippen molar-refractivity contribution in [2.24, 2.45) is 58.7 Å². The standard InChI is InChI=1S/C41H66O7S.C35H54O6S.C5H10O.2CH4/c1-11-27(2)22-38-32(7)36(26-49(44,45)35-17-13-12-14-18-35)39(48-38)25-29(4)31(6)28(3)23-33(42)19-20-37-30(5)24-34(47-37)16-15-21-46-40(43)41(8,9)10;1-7-23(2)18-33-27(6)31(22-42(37,38)30-13-9-8-10-14-30)35(41-33)21-34-26(5)24(3)19-29(40-34)15-16-32-25(4)20-28(39-32)12-11-17-36;1-5-3-2-4-6-5;;/h12-14,17-18,27-29,32-34,36-39,42H,5-6,11,15-16,19-26H2,1-4,7-10H3;8-10,13-14,23-24,27-29,31-36H,4-5,7,11-12,15-22H2,1-3,6H3;5H,2-4H2,1H3;2*1H4/t27-,28-,29-,32-,33-,34+,36-,37?,38-,39+;23-,24-,27-,28+,29+,31-,32?,33-,34?,35+;;;/m11.../s1. The Labute approximate surface area is 602 Å². The first-order valence-corrected chi connectivity index (χ1v) is 40.8. The summed E-state index contributed by atoms with van der Waals surface area (Å²) in [7, 11) is -6.92. The SMILES string of the molecule is C.C.C=C1C[C@H](CCCO)OC1CC[C@H]1C[C@@H](C)C(=C)C(C[C@@H]2O[C@H](C[C@H](C)CC)[C@H](C)[C@H]2CS(=O)(=O)c2ccccc2)O1.C=C1C[C@H](CCCOC(=O)C(C)(C)C)OC1CC[C@@H](O)C[C@@H](C)C(=C)[C@H](C)C[C@@H]1O[C@H](C[C@H](C)CC)[C@H](C)[C@H]1CS(=O)(=O)c1ccccc1.CC1CCCO1. The molecule has 2 N–H and O–H groups in total. The van der Waals surface area contributed by atoms with Crippen LogP contribution >= 0.6 is 0 Å². The Bertz CT molecular complexity index is 2960. The molecule has 0 amide bonds. The van der Waals surface area contributed by atoms with Gasteiger partial charge in [0.1, 0.15) is 0 Å². The van der Waals surface area contributed by atoms with E-state index >= 15 is 0 Å². The molecule has 2 aromatic carbocycles. The molecule has 8 rings (SSSR count). The van der Waals surface area contributed by atoms with Crippen LogP contribution in [0.25, 0.3) is 0 Å². The normalized spacial score (nSPS) is 30.2. The summed E-state index contributed by atoms with van der Waals surface area (Å²) in [4.78, 5) is 12.7. The molecule has 6 aliphatic rings. The van der Waals surface area contributed by atoms with Crippen LogP contribution in [0.3, 0.4) is 0 Å². The molecule has 6 heterocycles. The van der Waals surface area contributed by atoms with Gasteiger partial charge in [0.15, 0.2) is 19.7 Å². The number of hydrogen-bond donors (Lipinski definition) is 2. The van der Waals surface area contributed by atoms with Crippen LogP contribution in [0.4, 0.5) is 0 Å². The first kappa shape index (κ1) is 87.9. The minimum atomic E-state index is -3.46. The lowest BCUT2D eigenvalue weighted by Gasteiger charge is -2.38. The molecule has 6 saturated heterocycles. The third-order valence-electron chi connectivity index (χ3n) is 22.3. The summed E-state index contributed by atoms with van der Waals surface area (Å²) in [5.74, 6) is 1.59. The van der Waals surface area contributed by atoms with Crippen molar-refractivity contribution < 1.29 is 65.0 Å². The Morgan fingerprint density at radius 3 is 1.61 bits per heavy atom. The second-order valence-corrected chi connectivity index (χ2v) is 35.5. The van der Waals surface area contributed by atoms with E-state index in [1.165, 1.54) is 12.8 Å². The number of hydrogen-bond acceptors (Lipinski definition) is 14. The fourth-order valence-electron chi connectivity index (χ4n) is 15.1. The minimum absolute atomic E-state index is 0. The summed E-state index contributed by atoms with van der Waals surface area (Å²) in [6.45, 7) is 46.3. The molecule has 16 heteroatoms. The predicted octanol–water partition coefficient (Wildman–Crippen LogP) is 18.1. The van der Waals surface area contributed by atoms with Gasteiger partial charge in [0, 0.05) is 31.5 Å². The van der Waals surface area contributed by atoms with Gasteiger partial charge in [-0.25, -0.2) is 16.8 Å². The molecule has 566 valence electrons. The number of sulfone groups is 2. The lowest BCUT2D eigenvalue weighted by molar-refractivity contribution is -0.153. The number of ether oxygens (including phenoxy) is 7. The zero-order valence-electron chi connectivity index (χ0n) is 62.0. The Kier molecular flexibility index (Phi) is 37.1. The first-order chi connectivity index (χ1) is 45.8. The largest absolute Gasteiger partial charge is 0.465 e. The molecule has 4 unspecified atom stereocenters. The molecule has 0 radical (unpaired) electrons. The van der Waals surface area contributed by atoms with E-state index < -0.39 is 31.2 Å². The molecule has 0 aliphatic carbocycles. The molecule has 99 heavy (non-hydrogen) atoms. The van der Waals surface area contributed by atoms with Crippen molar-refractivity contribution in [2.75, 3.05) is 31.3 Å². The number of benzene rings is 2. The van der Waals surface area contributed by atoms with Crippen molar-refractivity contribution in [2.45, 2.75) is 316 Å². The number of aliphatic hydroxyl groups is 2. The highest BCUT2D eigenvalue weighted by Gasteiger charge is 2.48. The number of esters is 1. The predicted molar refractivity (Wildman–Crippen MR) is 404 cm³/mol. The van der Waals surface area contributed by atoms with Gasteiger partial charge in [-0.1, -0.05) is 158 Å². The Morgan fingerprint density at radius 2 is 1.13 bits per heavy atom. The van der Waals surface area contributed by atoms with Crippen molar-refractivity contribution in [1.82, 2.24) is 0 Å². The van der Waals surface area contributed by atoms with Crippen molar-refractivity contribution in [1.29, 1.82) is 0 Å². The first-order valence-electron chi connectivity index (χ1n) is 37.5. The lowest BCUT2D eigenvalue weighted by Crippen LogP contribution is -2.38.